The minimum atomic E-state index is -3.93. The Morgan fingerprint density at radius 1 is 0.861 bits per heavy atom. The van der Waals surface area contributed by atoms with Crippen LogP contribution >= 0.6 is 0 Å². The molecule has 7 nitrogen and oxygen atoms in total. The Balaban J connectivity index is 1.53. The number of anilines is 2. The van der Waals surface area contributed by atoms with Gasteiger partial charge in [0.2, 0.25) is 5.91 Å². The molecule has 0 radical (unpaired) electrons. The first kappa shape index (κ1) is 25.6. The minimum absolute atomic E-state index is 0.170. The molecule has 0 atom stereocenters. The zero-order valence-corrected chi connectivity index (χ0v) is 22.1. The summed E-state index contributed by atoms with van der Waals surface area (Å²) in [6.07, 6.45) is 0. The van der Waals surface area contributed by atoms with Crippen molar-refractivity contribution in [1.82, 2.24) is 4.90 Å². The maximum absolute atomic E-state index is 13.7. The molecule has 0 aliphatic carbocycles. The molecule has 0 aromatic heterocycles. The molecule has 1 saturated heterocycles. The minimum Gasteiger partial charge on any atom is -0.497 e. The van der Waals surface area contributed by atoms with Crippen LogP contribution in [0.25, 0.3) is 0 Å². The predicted molar refractivity (Wildman–Crippen MR) is 143 cm³/mol. The molecule has 0 bridgehead atoms. The number of nitrogens with zero attached hydrogens (tertiary/aromatic N) is 3. The Bertz CT molecular complexity index is 1310. The number of methoxy groups -OCH3 is 1. The van der Waals surface area contributed by atoms with Gasteiger partial charge in [0.05, 0.1) is 17.7 Å². The highest BCUT2D eigenvalue weighted by atomic mass is 32.2. The highest BCUT2D eigenvalue weighted by Crippen LogP contribution is 2.27. The molecular formula is C28H33N3O4S. The van der Waals surface area contributed by atoms with Crippen molar-refractivity contribution in [1.29, 1.82) is 0 Å². The van der Waals surface area contributed by atoms with Crippen LogP contribution in [0, 0.1) is 20.8 Å². The van der Waals surface area contributed by atoms with E-state index in [0.717, 1.165) is 28.1 Å². The molecule has 1 amide bonds. The van der Waals surface area contributed by atoms with Crippen molar-refractivity contribution in [2.24, 2.45) is 0 Å². The predicted octanol–water partition coefficient (Wildman–Crippen LogP) is 4.16. The molecule has 0 spiro atoms. The van der Waals surface area contributed by atoms with Gasteiger partial charge in [-0.1, -0.05) is 23.8 Å². The Morgan fingerprint density at radius 2 is 1.50 bits per heavy atom. The molecule has 0 unspecified atom stereocenters. The van der Waals surface area contributed by atoms with Crippen molar-refractivity contribution in [2.45, 2.75) is 25.7 Å². The zero-order chi connectivity index (χ0) is 25.9. The van der Waals surface area contributed by atoms with Gasteiger partial charge in [0.25, 0.3) is 10.0 Å². The number of hydrogen-bond donors (Lipinski definition) is 0. The molecule has 4 rings (SSSR count). The summed E-state index contributed by atoms with van der Waals surface area (Å²) in [6.45, 7) is 7.97. The summed E-state index contributed by atoms with van der Waals surface area (Å²) in [7, 11) is -2.29. The Morgan fingerprint density at radius 3 is 2.08 bits per heavy atom. The molecule has 3 aromatic rings. The summed E-state index contributed by atoms with van der Waals surface area (Å²) in [5, 5.41) is 0. The van der Waals surface area contributed by atoms with E-state index >= 15 is 0 Å². The number of amides is 1. The van der Waals surface area contributed by atoms with Crippen LogP contribution in [0.4, 0.5) is 11.4 Å². The van der Waals surface area contributed by atoms with Gasteiger partial charge in [0.15, 0.2) is 0 Å². The molecular weight excluding hydrogens is 474 g/mol. The highest BCUT2D eigenvalue weighted by Gasteiger charge is 2.30. The van der Waals surface area contributed by atoms with E-state index in [-0.39, 0.29) is 17.3 Å². The molecule has 36 heavy (non-hydrogen) atoms. The SMILES string of the molecule is COc1ccc(N2CCN(C(=O)CN(c3ccc(C)c(C)c3)S(=O)(=O)c3ccc(C)cc3)CC2)cc1. The average molecular weight is 508 g/mol. The van der Waals surface area contributed by atoms with Gasteiger partial charge in [-0.05, 0) is 80.4 Å². The first-order valence-corrected chi connectivity index (χ1v) is 13.5. The fourth-order valence-electron chi connectivity index (χ4n) is 4.26. The number of rotatable bonds is 7. The lowest BCUT2D eigenvalue weighted by atomic mass is 10.1. The topological polar surface area (TPSA) is 70.2 Å². The molecule has 8 heteroatoms. The van der Waals surface area contributed by atoms with Gasteiger partial charge in [-0.25, -0.2) is 8.42 Å². The van der Waals surface area contributed by atoms with Crippen LogP contribution in [-0.2, 0) is 14.8 Å². The molecule has 0 N–H and O–H groups in total. The van der Waals surface area contributed by atoms with E-state index in [1.807, 2.05) is 57.2 Å². The lowest BCUT2D eigenvalue weighted by Gasteiger charge is -2.37. The molecule has 1 aliphatic rings. The van der Waals surface area contributed by atoms with Gasteiger partial charge in [-0.3, -0.25) is 9.10 Å². The third kappa shape index (κ3) is 5.49. The van der Waals surface area contributed by atoms with E-state index in [1.54, 1.807) is 42.3 Å². The summed E-state index contributed by atoms with van der Waals surface area (Å²) in [5.41, 5.74) is 4.56. The second kappa shape index (κ2) is 10.6. The van der Waals surface area contributed by atoms with Crippen molar-refractivity contribution in [3.8, 4) is 5.75 Å². The Kier molecular flexibility index (Phi) is 7.54. The monoisotopic (exact) mass is 507 g/mol. The van der Waals surface area contributed by atoms with Crippen LogP contribution in [-0.4, -0.2) is 59.1 Å². The van der Waals surface area contributed by atoms with E-state index in [0.29, 0.717) is 31.9 Å². The normalized spacial score (nSPS) is 14.0. The van der Waals surface area contributed by atoms with Crippen molar-refractivity contribution in [3.63, 3.8) is 0 Å². The molecule has 3 aromatic carbocycles. The Labute approximate surface area is 214 Å². The summed E-state index contributed by atoms with van der Waals surface area (Å²) < 4.78 is 33.8. The molecule has 190 valence electrons. The maximum atomic E-state index is 13.7. The number of piperazine rings is 1. The number of hydrogen-bond acceptors (Lipinski definition) is 5. The number of sulfonamides is 1. The van der Waals surface area contributed by atoms with Gasteiger partial charge in [0, 0.05) is 31.9 Å². The van der Waals surface area contributed by atoms with E-state index in [1.165, 1.54) is 4.31 Å². The smallest absolute Gasteiger partial charge is 0.264 e. The molecule has 1 aliphatic heterocycles. The summed E-state index contributed by atoms with van der Waals surface area (Å²) >= 11 is 0. The van der Waals surface area contributed by atoms with E-state index in [9.17, 15) is 13.2 Å². The third-order valence-corrected chi connectivity index (χ3v) is 8.52. The van der Waals surface area contributed by atoms with Crippen LogP contribution in [0.1, 0.15) is 16.7 Å². The van der Waals surface area contributed by atoms with Crippen molar-refractivity contribution < 1.29 is 17.9 Å². The highest BCUT2D eigenvalue weighted by molar-refractivity contribution is 7.92. The van der Waals surface area contributed by atoms with Crippen LogP contribution in [0.2, 0.25) is 0 Å². The van der Waals surface area contributed by atoms with Gasteiger partial charge < -0.3 is 14.5 Å². The molecule has 1 fully saturated rings. The summed E-state index contributed by atoms with van der Waals surface area (Å²) in [5.74, 6) is 0.590. The molecule has 0 saturated carbocycles. The van der Waals surface area contributed by atoms with E-state index in [2.05, 4.69) is 4.90 Å². The van der Waals surface area contributed by atoms with Gasteiger partial charge in [-0.2, -0.15) is 0 Å². The fourth-order valence-corrected chi connectivity index (χ4v) is 5.67. The Hall–Kier alpha value is -3.52. The first-order chi connectivity index (χ1) is 17.2. The maximum Gasteiger partial charge on any atom is 0.264 e. The second-order valence-electron chi connectivity index (χ2n) is 9.16. The lowest BCUT2D eigenvalue weighted by molar-refractivity contribution is -0.129. The van der Waals surface area contributed by atoms with E-state index in [4.69, 9.17) is 4.74 Å². The van der Waals surface area contributed by atoms with Crippen LogP contribution < -0.4 is 13.9 Å². The van der Waals surface area contributed by atoms with Crippen LogP contribution in [0.15, 0.2) is 71.6 Å². The summed E-state index contributed by atoms with van der Waals surface area (Å²) in [6, 6.07) is 20.1. The van der Waals surface area contributed by atoms with Crippen LogP contribution in [0.3, 0.4) is 0 Å². The summed E-state index contributed by atoms with van der Waals surface area (Å²) in [4.78, 5) is 17.5. The largest absolute Gasteiger partial charge is 0.497 e. The van der Waals surface area contributed by atoms with Crippen LogP contribution in [0.5, 0.6) is 5.75 Å². The quantitative estimate of drug-likeness (QED) is 0.480. The van der Waals surface area contributed by atoms with Gasteiger partial charge >= 0.3 is 0 Å². The fraction of sp³-hybridized carbons (Fsp3) is 0.321. The lowest BCUT2D eigenvalue weighted by Crippen LogP contribution is -2.52. The number of aryl methyl sites for hydroxylation is 3. The number of ether oxygens (including phenoxy) is 1. The standard InChI is InChI=1S/C28H33N3O4S/c1-21-5-13-27(14-6-21)36(33,34)31(25-8-7-22(2)23(3)19-25)20-28(32)30-17-15-29(16-18-30)24-9-11-26(35-4)12-10-24/h5-14,19H,15-18,20H2,1-4H3. The van der Waals surface area contributed by atoms with Crippen molar-refractivity contribution >= 4 is 27.3 Å². The number of carbonyl (C=O) groups is 1. The zero-order valence-electron chi connectivity index (χ0n) is 21.3. The number of carbonyl (C=O) groups excluding carboxylic acids is 1. The second-order valence-corrected chi connectivity index (χ2v) is 11.0. The number of benzene rings is 3. The molecule has 1 heterocycles. The van der Waals surface area contributed by atoms with Crippen molar-refractivity contribution in [2.75, 3.05) is 49.0 Å². The third-order valence-electron chi connectivity index (χ3n) is 6.74. The van der Waals surface area contributed by atoms with E-state index < -0.39 is 10.0 Å². The van der Waals surface area contributed by atoms with Gasteiger partial charge in [0.1, 0.15) is 12.3 Å². The average Bonchev–Trinajstić information content (AvgIpc) is 2.89. The van der Waals surface area contributed by atoms with Gasteiger partial charge in [-0.15, -0.1) is 0 Å². The van der Waals surface area contributed by atoms with Crippen molar-refractivity contribution in [3.05, 3.63) is 83.4 Å². The first-order valence-electron chi connectivity index (χ1n) is 12.0.